The second kappa shape index (κ2) is 9.67. The average molecular weight is 376 g/mol. The van der Waals surface area contributed by atoms with Crippen molar-refractivity contribution in [1.82, 2.24) is 24.6 Å². The number of aryl methyl sites for hydroxylation is 1. The Labute approximate surface area is 161 Å². The van der Waals surface area contributed by atoms with E-state index in [0.717, 1.165) is 12.8 Å². The van der Waals surface area contributed by atoms with E-state index in [1.807, 2.05) is 20.8 Å². The summed E-state index contributed by atoms with van der Waals surface area (Å²) in [6, 6.07) is 0. The fourth-order valence-electron chi connectivity index (χ4n) is 3.04. The van der Waals surface area contributed by atoms with Gasteiger partial charge >= 0.3 is 0 Å². The molecule has 0 atom stereocenters. The number of nitrogens with zero attached hydrogens (tertiary/aromatic N) is 4. The number of carbonyl (C=O) groups excluding carboxylic acids is 1. The molecule has 0 saturated carbocycles. The van der Waals surface area contributed by atoms with E-state index < -0.39 is 0 Å². The van der Waals surface area contributed by atoms with Crippen LogP contribution in [0.1, 0.15) is 72.6 Å². The number of hydrogen-bond donors (Lipinski definition) is 1. The standard InChI is InChI=1S/C20H33N5O2/c1-5-6-7-8-9-10-12-21-17(26)11-13-24-15-22-18-16(19(24)27)14-23-25(18)20(2,3)4/h14-15H,5-13H2,1-4H3,(H,21,26). The maximum atomic E-state index is 12.6. The minimum Gasteiger partial charge on any atom is -0.356 e. The summed E-state index contributed by atoms with van der Waals surface area (Å²) in [4.78, 5) is 29.0. The van der Waals surface area contributed by atoms with Crippen LogP contribution in [-0.2, 0) is 16.9 Å². The molecule has 2 aromatic heterocycles. The van der Waals surface area contributed by atoms with Crippen LogP contribution in [0.4, 0.5) is 0 Å². The lowest BCUT2D eigenvalue weighted by molar-refractivity contribution is -0.121. The van der Waals surface area contributed by atoms with Crippen LogP contribution in [0, 0.1) is 0 Å². The van der Waals surface area contributed by atoms with Crippen molar-refractivity contribution >= 4 is 16.9 Å². The zero-order valence-electron chi connectivity index (χ0n) is 17.1. The molecule has 0 saturated heterocycles. The minimum atomic E-state index is -0.246. The third kappa shape index (κ3) is 5.91. The van der Waals surface area contributed by atoms with Crippen molar-refractivity contribution in [3.8, 4) is 0 Å². The first-order chi connectivity index (χ1) is 12.8. The molecule has 2 aromatic rings. The van der Waals surface area contributed by atoms with Crippen molar-refractivity contribution in [3.63, 3.8) is 0 Å². The van der Waals surface area contributed by atoms with Crippen molar-refractivity contribution in [2.45, 2.75) is 84.7 Å². The van der Waals surface area contributed by atoms with Gasteiger partial charge in [0.1, 0.15) is 5.39 Å². The van der Waals surface area contributed by atoms with Crippen molar-refractivity contribution < 1.29 is 4.79 Å². The average Bonchev–Trinajstić information content (AvgIpc) is 3.05. The Bertz CT molecular complexity index is 801. The van der Waals surface area contributed by atoms with Crippen LogP contribution in [0.15, 0.2) is 17.3 Å². The monoisotopic (exact) mass is 375 g/mol. The Hall–Kier alpha value is -2.18. The molecule has 0 aliphatic heterocycles. The highest BCUT2D eigenvalue weighted by molar-refractivity contribution is 5.76. The van der Waals surface area contributed by atoms with Gasteiger partial charge < -0.3 is 5.32 Å². The Morgan fingerprint density at radius 2 is 1.85 bits per heavy atom. The third-order valence-electron chi connectivity index (χ3n) is 4.62. The molecule has 0 aliphatic rings. The van der Waals surface area contributed by atoms with E-state index in [0.29, 0.717) is 24.1 Å². The lowest BCUT2D eigenvalue weighted by Crippen LogP contribution is -2.28. The molecule has 0 unspecified atom stereocenters. The highest BCUT2D eigenvalue weighted by Gasteiger charge is 2.19. The summed E-state index contributed by atoms with van der Waals surface area (Å²) in [5.74, 6) is -0.0269. The van der Waals surface area contributed by atoms with Crippen molar-refractivity contribution in [2.24, 2.45) is 0 Å². The minimum absolute atomic E-state index is 0.0269. The predicted molar refractivity (Wildman–Crippen MR) is 108 cm³/mol. The molecule has 2 heterocycles. The van der Waals surface area contributed by atoms with Crippen LogP contribution in [-0.4, -0.2) is 31.8 Å². The van der Waals surface area contributed by atoms with Gasteiger partial charge in [-0.1, -0.05) is 39.0 Å². The molecule has 27 heavy (non-hydrogen) atoms. The Balaban J connectivity index is 1.84. The number of carbonyl (C=O) groups is 1. The summed E-state index contributed by atoms with van der Waals surface area (Å²) in [5.41, 5.74) is 0.180. The summed E-state index contributed by atoms with van der Waals surface area (Å²) in [7, 11) is 0. The number of unbranched alkanes of at least 4 members (excludes halogenated alkanes) is 5. The van der Waals surface area contributed by atoms with Crippen LogP contribution in [0.3, 0.4) is 0 Å². The van der Waals surface area contributed by atoms with E-state index >= 15 is 0 Å². The Kier molecular flexibility index (Phi) is 7.56. The molecule has 2 rings (SSSR count). The topological polar surface area (TPSA) is 81.8 Å². The van der Waals surface area contributed by atoms with E-state index in [4.69, 9.17) is 0 Å². The Morgan fingerprint density at radius 3 is 2.56 bits per heavy atom. The molecule has 1 N–H and O–H groups in total. The van der Waals surface area contributed by atoms with E-state index in [1.54, 1.807) is 10.9 Å². The molecule has 0 fully saturated rings. The van der Waals surface area contributed by atoms with E-state index in [1.165, 1.54) is 36.6 Å². The van der Waals surface area contributed by atoms with Gasteiger partial charge in [0.05, 0.1) is 18.1 Å². The Morgan fingerprint density at radius 1 is 1.15 bits per heavy atom. The molecule has 0 aliphatic carbocycles. The normalized spacial score (nSPS) is 11.9. The van der Waals surface area contributed by atoms with Crippen LogP contribution in [0.25, 0.3) is 11.0 Å². The van der Waals surface area contributed by atoms with Gasteiger partial charge in [0.15, 0.2) is 5.65 Å². The molecule has 0 bridgehead atoms. The van der Waals surface area contributed by atoms with Gasteiger partial charge in [-0.15, -0.1) is 0 Å². The number of aromatic nitrogens is 4. The summed E-state index contributed by atoms with van der Waals surface area (Å²) < 4.78 is 3.24. The summed E-state index contributed by atoms with van der Waals surface area (Å²) in [6.07, 6.45) is 10.5. The quantitative estimate of drug-likeness (QED) is 0.647. The number of nitrogens with one attached hydrogen (secondary N) is 1. The van der Waals surface area contributed by atoms with E-state index in [9.17, 15) is 9.59 Å². The van der Waals surface area contributed by atoms with Crippen LogP contribution in [0.2, 0.25) is 0 Å². The zero-order chi connectivity index (χ0) is 19.9. The fraction of sp³-hybridized carbons (Fsp3) is 0.700. The van der Waals surface area contributed by atoms with E-state index in [-0.39, 0.29) is 23.4 Å². The first-order valence-electron chi connectivity index (χ1n) is 10.0. The fourth-order valence-corrected chi connectivity index (χ4v) is 3.04. The first-order valence-corrected chi connectivity index (χ1v) is 10.0. The molecule has 150 valence electrons. The molecule has 7 nitrogen and oxygen atoms in total. The van der Waals surface area contributed by atoms with Gasteiger partial charge in [-0.3, -0.25) is 14.2 Å². The van der Waals surface area contributed by atoms with Crippen molar-refractivity contribution in [3.05, 3.63) is 22.9 Å². The third-order valence-corrected chi connectivity index (χ3v) is 4.62. The van der Waals surface area contributed by atoms with Gasteiger partial charge in [0.2, 0.25) is 5.91 Å². The molecular formula is C20H33N5O2. The van der Waals surface area contributed by atoms with E-state index in [2.05, 4.69) is 22.3 Å². The molecule has 0 radical (unpaired) electrons. The molecule has 1 amide bonds. The zero-order valence-corrected chi connectivity index (χ0v) is 17.1. The maximum Gasteiger partial charge on any atom is 0.264 e. The van der Waals surface area contributed by atoms with Gasteiger partial charge in [0, 0.05) is 19.5 Å². The summed E-state index contributed by atoms with van der Waals surface area (Å²) in [6.45, 7) is 9.28. The molecular weight excluding hydrogens is 342 g/mol. The van der Waals surface area contributed by atoms with Crippen molar-refractivity contribution in [2.75, 3.05) is 6.54 Å². The molecule has 7 heteroatoms. The van der Waals surface area contributed by atoms with Gasteiger partial charge in [-0.2, -0.15) is 5.10 Å². The predicted octanol–water partition coefficient (Wildman–Crippen LogP) is 3.21. The number of amides is 1. The second-order valence-corrected chi connectivity index (χ2v) is 8.08. The van der Waals surface area contributed by atoms with Gasteiger partial charge in [-0.25, -0.2) is 9.67 Å². The van der Waals surface area contributed by atoms with Crippen LogP contribution < -0.4 is 10.9 Å². The smallest absolute Gasteiger partial charge is 0.264 e. The van der Waals surface area contributed by atoms with Gasteiger partial charge in [0.25, 0.3) is 5.56 Å². The highest BCUT2D eigenvalue weighted by atomic mass is 16.1. The maximum absolute atomic E-state index is 12.6. The first kappa shape index (κ1) is 21.1. The second-order valence-electron chi connectivity index (χ2n) is 8.08. The SMILES string of the molecule is CCCCCCCCNC(=O)CCn1cnc2c(cnn2C(C)(C)C)c1=O. The van der Waals surface area contributed by atoms with Crippen LogP contribution in [0.5, 0.6) is 0 Å². The highest BCUT2D eigenvalue weighted by Crippen LogP contribution is 2.17. The largest absolute Gasteiger partial charge is 0.356 e. The summed E-state index contributed by atoms with van der Waals surface area (Å²) >= 11 is 0. The lowest BCUT2D eigenvalue weighted by Gasteiger charge is -2.19. The number of hydrogen-bond acceptors (Lipinski definition) is 4. The number of rotatable bonds is 10. The lowest BCUT2D eigenvalue weighted by atomic mass is 10.1. The summed E-state index contributed by atoms with van der Waals surface area (Å²) in [5, 5.41) is 7.72. The molecule has 0 spiro atoms. The van der Waals surface area contributed by atoms with Crippen LogP contribution >= 0.6 is 0 Å². The number of fused-ring (bicyclic) bond motifs is 1. The van der Waals surface area contributed by atoms with Crippen molar-refractivity contribution in [1.29, 1.82) is 0 Å². The van der Waals surface area contributed by atoms with Gasteiger partial charge in [-0.05, 0) is 27.2 Å². The molecule has 0 aromatic carbocycles.